The number of hydrogen-bond acceptors (Lipinski definition) is 3. The zero-order chi connectivity index (χ0) is 12.8. The van der Waals surface area contributed by atoms with E-state index in [-0.39, 0.29) is 11.7 Å². The van der Waals surface area contributed by atoms with Crippen molar-refractivity contribution in [2.75, 3.05) is 0 Å². The van der Waals surface area contributed by atoms with Crippen molar-refractivity contribution >= 4 is 5.65 Å². The Balaban J connectivity index is 1.73. The standard InChI is InChI=1S/C14H11FN4/c15-13-8-16-3-1-9(13)11-7-12(11)10-2-4-18-19-6-5-17-14(10)19/h1-6,8,11-12H,7H2/t11-,12-/m1/s1. The van der Waals surface area contributed by atoms with Gasteiger partial charge in [-0.2, -0.15) is 5.10 Å². The van der Waals surface area contributed by atoms with Crippen molar-refractivity contribution in [2.24, 2.45) is 0 Å². The van der Waals surface area contributed by atoms with Crippen LogP contribution in [0.4, 0.5) is 4.39 Å². The van der Waals surface area contributed by atoms with Crippen molar-refractivity contribution in [1.29, 1.82) is 0 Å². The summed E-state index contributed by atoms with van der Waals surface area (Å²) in [5.74, 6) is 0.333. The summed E-state index contributed by atoms with van der Waals surface area (Å²) in [6, 6.07) is 3.75. The topological polar surface area (TPSA) is 43.1 Å². The lowest BCUT2D eigenvalue weighted by molar-refractivity contribution is 0.603. The molecule has 3 aromatic heterocycles. The van der Waals surface area contributed by atoms with Crippen LogP contribution >= 0.6 is 0 Å². The normalized spacial score (nSPS) is 21.7. The maximum atomic E-state index is 13.7. The van der Waals surface area contributed by atoms with Crippen LogP contribution in [0.15, 0.2) is 43.1 Å². The highest BCUT2D eigenvalue weighted by Crippen LogP contribution is 2.55. The van der Waals surface area contributed by atoms with Gasteiger partial charge in [0.2, 0.25) is 0 Å². The molecule has 0 bridgehead atoms. The summed E-state index contributed by atoms with van der Waals surface area (Å²) in [7, 11) is 0. The number of imidazole rings is 1. The molecule has 4 nitrogen and oxygen atoms in total. The largest absolute Gasteiger partial charge is 0.262 e. The van der Waals surface area contributed by atoms with Crippen LogP contribution in [0.25, 0.3) is 5.65 Å². The van der Waals surface area contributed by atoms with Crippen molar-refractivity contribution < 1.29 is 4.39 Å². The first-order valence-corrected chi connectivity index (χ1v) is 6.22. The summed E-state index contributed by atoms with van der Waals surface area (Å²) < 4.78 is 15.5. The summed E-state index contributed by atoms with van der Waals surface area (Å²) in [5.41, 5.74) is 2.76. The minimum Gasteiger partial charge on any atom is -0.262 e. The van der Waals surface area contributed by atoms with Gasteiger partial charge >= 0.3 is 0 Å². The molecule has 0 aliphatic heterocycles. The van der Waals surface area contributed by atoms with Crippen molar-refractivity contribution in [3.63, 3.8) is 0 Å². The maximum Gasteiger partial charge on any atom is 0.156 e. The number of fused-ring (bicyclic) bond motifs is 1. The lowest BCUT2D eigenvalue weighted by Crippen LogP contribution is -1.96. The minimum atomic E-state index is -0.219. The molecule has 0 saturated heterocycles. The Morgan fingerprint density at radius 1 is 1.11 bits per heavy atom. The summed E-state index contributed by atoms with van der Waals surface area (Å²) in [6.45, 7) is 0. The molecule has 1 saturated carbocycles. The zero-order valence-electron chi connectivity index (χ0n) is 10.1. The van der Waals surface area contributed by atoms with E-state index in [1.807, 2.05) is 12.3 Å². The van der Waals surface area contributed by atoms with Crippen LogP contribution in [0.2, 0.25) is 0 Å². The number of rotatable bonds is 2. The van der Waals surface area contributed by atoms with Crippen LogP contribution in [-0.2, 0) is 0 Å². The van der Waals surface area contributed by atoms with Crippen molar-refractivity contribution in [1.82, 2.24) is 19.6 Å². The average Bonchev–Trinajstić information content (AvgIpc) is 3.06. The summed E-state index contributed by atoms with van der Waals surface area (Å²) in [5, 5.41) is 4.20. The molecular formula is C14H11FN4. The molecule has 0 N–H and O–H groups in total. The Hall–Kier alpha value is -2.30. The molecule has 94 valence electrons. The maximum absolute atomic E-state index is 13.7. The van der Waals surface area contributed by atoms with E-state index < -0.39 is 0 Å². The number of aromatic nitrogens is 4. The average molecular weight is 254 g/mol. The third-order valence-corrected chi connectivity index (χ3v) is 3.72. The SMILES string of the molecule is Fc1cnccc1[C@H]1C[C@@H]1c1ccnn2ccnc12. The van der Waals surface area contributed by atoms with Gasteiger partial charge in [-0.1, -0.05) is 0 Å². The molecule has 5 heteroatoms. The predicted molar refractivity (Wildman–Crippen MR) is 67.3 cm³/mol. The second-order valence-electron chi connectivity index (χ2n) is 4.83. The first-order chi connectivity index (χ1) is 9.34. The number of halogens is 1. The fourth-order valence-electron chi connectivity index (χ4n) is 2.72. The van der Waals surface area contributed by atoms with Gasteiger partial charge in [0.25, 0.3) is 0 Å². The van der Waals surface area contributed by atoms with Gasteiger partial charge in [0.05, 0.1) is 6.20 Å². The van der Waals surface area contributed by atoms with Crippen molar-refractivity contribution in [3.05, 3.63) is 60.1 Å². The van der Waals surface area contributed by atoms with Crippen LogP contribution in [0, 0.1) is 5.82 Å². The molecule has 19 heavy (non-hydrogen) atoms. The molecular weight excluding hydrogens is 243 g/mol. The Morgan fingerprint density at radius 2 is 1.95 bits per heavy atom. The lowest BCUT2D eigenvalue weighted by Gasteiger charge is -2.03. The molecule has 1 aliphatic carbocycles. The number of nitrogens with zero attached hydrogens (tertiary/aromatic N) is 4. The van der Waals surface area contributed by atoms with Crippen LogP contribution in [0.1, 0.15) is 29.4 Å². The van der Waals surface area contributed by atoms with Crippen molar-refractivity contribution in [3.8, 4) is 0 Å². The second kappa shape index (κ2) is 3.85. The molecule has 2 atom stereocenters. The molecule has 4 rings (SSSR count). The Bertz CT molecular complexity index is 752. The molecule has 0 aromatic carbocycles. The summed E-state index contributed by atoms with van der Waals surface area (Å²) >= 11 is 0. The minimum absolute atomic E-state index is 0.219. The Labute approximate surface area is 108 Å². The van der Waals surface area contributed by atoms with E-state index in [4.69, 9.17) is 0 Å². The molecule has 3 aromatic rings. The van der Waals surface area contributed by atoms with Gasteiger partial charge in [-0.15, -0.1) is 0 Å². The smallest absolute Gasteiger partial charge is 0.156 e. The predicted octanol–water partition coefficient (Wildman–Crippen LogP) is 2.53. The number of pyridine rings is 1. The number of hydrogen-bond donors (Lipinski definition) is 0. The summed E-state index contributed by atoms with van der Waals surface area (Å²) in [6.07, 6.45) is 9.20. The van der Waals surface area contributed by atoms with E-state index >= 15 is 0 Å². The van der Waals surface area contributed by atoms with Crippen LogP contribution in [0.5, 0.6) is 0 Å². The van der Waals surface area contributed by atoms with Gasteiger partial charge < -0.3 is 0 Å². The zero-order valence-corrected chi connectivity index (χ0v) is 10.1. The van der Waals surface area contributed by atoms with Gasteiger partial charge in [-0.25, -0.2) is 13.9 Å². The third kappa shape index (κ3) is 1.62. The van der Waals surface area contributed by atoms with E-state index in [9.17, 15) is 4.39 Å². The van der Waals surface area contributed by atoms with E-state index in [2.05, 4.69) is 15.1 Å². The van der Waals surface area contributed by atoms with Gasteiger partial charge in [-0.3, -0.25) is 4.98 Å². The molecule has 0 unspecified atom stereocenters. The highest BCUT2D eigenvalue weighted by atomic mass is 19.1. The molecule has 0 amide bonds. The molecule has 0 radical (unpaired) electrons. The molecule has 1 fully saturated rings. The van der Waals surface area contributed by atoms with Crippen molar-refractivity contribution in [2.45, 2.75) is 18.3 Å². The lowest BCUT2D eigenvalue weighted by atomic mass is 10.1. The van der Waals surface area contributed by atoms with Gasteiger partial charge in [0.1, 0.15) is 5.82 Å². The highest BCUT2D eigenvalue weighted by Gasteiger charge is 2.42. The highest BCUT2D eigenvalue weighted by molar-refractivity contribution is 5.52. The van der Waals surface area contributed by atoms with Gasteiger partial charge in [0, 0.05) is 30.4 Å². The third-order valence-electron chi connectivity index (χ3n) is 3.72. The Kier molecular flexibility index (Phi) is 2.15. The first kappa shape index (κ1) is 10.6. The quantitative estimate of drug-likeness (QED) is 0.705. The Morgan fingerprint density at radius 3 is 2.84 bits per heavy atom. The fraction of sp³-hybridized carbons (Fsp3) is 0.214. The second-order valence-corrected chi connectivity index (χ2v) is 4.83. The fourth-order valence-corrected chi connectivity index (χ4v) is 2.72. The van der Waals surface area contributed by atoms with Crippen LogP contribution < -0.4 is 0 Å². The van der Waals surface area contributed by atoms with E-state index in [1.165, 1.54) is 6.20 Å². The van der Waals surface area contributed by atoms with E-state index in [0.717, 1.165) is 23.2 Å². The van der Waals surface area contributed by atoms with Gasteiger partial charge in [-0.05, 0) is 36.0 Å². The van der Waals surface area contributed by atoms with Crippen LogP contribution in [-0.4, -0.2) is 19.6 Å². The first-order valence-electron chi connectivity index (χ1n) is 6.22. The summed E-state index contributed by atoms with van der Waals surface area (Å²) in [4.78, 5) is 8.12. The van der Waals surface area contributed by atoms with E-state index in [1.54, 1.807) is 29.2 Å². The monoisotopic (exact) mass is 254 g/mol. The molecule has 1 aliphatic rings. The van der Waals surface area contributed by atoms with E-state index in [0.29, 0.717) is 5.92 Å². The molecule has 3 heterocycles. The molecule has 0 spiro atoms. The van der Waals surface area contributed by atoms with Gasteiger partial charge in [0.15, 0.2) is 5.65 Å². The van der Waals surface area contributed by atoms with Crippen LogP contribution in [0.3, 0.4) is 0 Å².